The molecule has 0 aliphatic heterocycles. The fourth-order valence-corrected chi connectivity index (χ4v) is 1.39. The zero-order chi connectivity index (χ0) is 9.52. The molecule has 1 aromatic heterocycles. The number of hydrogen-bond acceptors (Lipinski definition) is 3. The van der Waals surface area contributed by atoms with Crippen LogP contribution in [0.25, 0.3) is 0 Å². The summed E-state index contributed by atoms with van der Waals surface area (Å²) in [7, 11) is 0. The summed E-state index contributed by atoms with van der Waals surface area (Å²) in [4.78, 5) is 4.19. The molecule has 13 heavy (non-hydrogen) atoms. The van der Waals surface area contributed by atoms with Crippen LogP contribution in [0.2, 0.25) is 0 Å². The molecule has 4 heteroatoms. The van der Waals surface area contributed by atoms with E-state index in [-0.39, 0.29) is 0 Å². The van der Waals surface area contributed by atoms with Gasteiger partial charge < -0.3 is 11.1 Å². The van der Waals surface area contributed by atoms with Crippen LogP contribution in [0.5, 0.6) is 0 Å². The number of nitrogens with zero attached hydrogens (tertiary/aromatic N) is 1. The highest BCUT2D eigenvalue weighted by Crippen LogP contribution is 2.17. The predicted molar refractivity (Wildman–Crippen MR) is 58.7 cm³/mol. The first kappa shape index (κ1) is 10.5. The number of hydrogen-bond donors (Lipinski definition) is 2. The lowest BCUT2D eigenvalue weighted by atomic mass is 10.3. The minimum Gasteiger partial charge on any atom is -0.369 e. The first-order chi connectivity index (χ1) is 6.34. The summed E-state index contributed by atoms with van der Waals surface area (Å²) in [6, 6.07) is 3.87. The molecule has 0 bridgehead atoms. The smallest absolute Gasteiger partial charge is 0.140 e. The molecule has 72 valence electrons. The van der Waals surface area contributed by atoms with Crippen LogP contribution in [0.4, 0.5) is 5.82 Å². The number of rotatable bonds is 5. The summed E-state index contributed by atoms with van der Waals surface area (Å²) in [6.07, 6.45) is 3.91. The van der Waals surface area contributed by atoms with Gasteiger partial charge in [-0.25, -0.2) is 4.98 Å². The minimum atomic E-state index is 0.755. The number of nitrogens with two attached hydrogens (primary N) is 1. The molecular weight excluding hydrogens is 230 g/mol. The van der Waals surface area contributed by atoms with Crippen molar-refractivity contribution >= 4 is 21.7 Å². The number of anilines is 1. The maximum absolute atomic E-state index is 5.39. The Kier molecular flexibility index (Phi) is 4.78. The van der Waals surface area contributed by atoms with Crippen molar-refractivity contribution in [2.24, 2.45) is 5.73 Å². The molecule has 0 radical (unpaired) electrons. The molecule has 3 nitrogen and oxygen atoms in total. The Balaban J connectivity index is 2.32. The van der Waals surface area contributed by atoms with E-state index in [1.807, 2.05) is 12.1 Å². The fourth-order valence-electron chi connectivity index (χ4n) is 0.992. The van der Waals surface area contributed by atoms with Gasteiger partial charge in [0.1, 0.15) is 5.82 Å². The first-order valence-corrected chi connectivity index (χ1v) is 5.18. The van der Waals surface area contributed by atoms with Crippen molar-refractivity contribution in [3.8, 4) is 0 Å². The molecule has 0 fully saturated rings. The van der Waals surface area contributed by atoms with E-state index in [0.29, 0.717) is 0 Å². The number of aromatic nitrogens is 1. The maximum atomic E-state index is 5.39. The zero-order valence-electron chi connectivity index (χ0n) is 7.46. The van der Waals surface area contributed by atoms with Crippen LogP contribution in [0.15, 0.2) is 22.8 Å². The molecule has 1 heterocycles. The van der Waals surface area contributed by atoms with Crippen molar-refractivity contribution in [2.45, 2.75) is 12.8 Å². The van der Waals surface area contributed by atoms with Gasteiger partial charge in [-0.3, -0.25) is 0 Å². The van der Waals surface area contributed by atoms with Crippen molar-refractivity contribution in [3.05, 3.63) is 22.8 Å². The second-order valence-electron chi connectivity index (χ2n) is 2.76. The fraction of sp³-hybridized carbons (Fsp3) is 0.444. The Morgan fingerprint density at radius 1 is 1.46 bits per heavy atom. The number of unbranched alkanes of at least 4 members (excludes halogenated alkanes) is 1. The Bertz CT molecular complexity index is 252. The van der Waals surface area contributed by atoms with Gasteiger partial charge in [0.15, 0.2) is 0 Å². The van der Waals surface area contributed by atoms with Gasteiger partial charge in [-0.2, -0.15) is 0 Å². The second-order valence-corrected chi connectivity index (χ2v) is 3.61. The van der Waals surface area contributed by atoms with Crippen LogP contribution in [0, 0.1) is 0 Å². The van der Waals surface area contributed by atoms with Gasteiger partial charge in [-0.15, -0.1) is 0 Å². The van der Waals surface area contributed by atoms with Gasteiger partial charge in [0.2, 0.25) is 0 Å². The predicted octanol–water partition coefficient (Wildman–Crippen LogP) is 1.99. The van der Waals surface area contributed by atoms with Gasteiger partial charge in [0.05, 0.1) is 4.47 Å². The first-order valence-electron chi connectivity index (χ1n) is 4.39. The highest BCUT2D eigenvalue weighted by atomic mass is 79.9. The van der Waals surface area contributed by atoms with Crippen molar-refractivity contribution in [3.63, 3.8) is 0 Å². The molecule has 3 N–H and O–H groups in total. The molecule has 1 rings (SSSR count). The van der Waals surface area contributed by atoms with E-state index < -0.39 is 0 Å². The Labute approximate surface area is 86.9 Å². The molecule has 0 saturated carbocycles. The summed E-state index contributed by atoms with van der Waals surface area (Å²) in [5.41, 5.74) is 5.39. The highest BCUT2D eigenvalue weighted by Gasteiger charge is 1.97. The van der Waals surface area contributed by atoms with Crippen LogP contribution in [0.3, 0.4) is 0 Å². The monoisotopic (exact) mass is 243 g/mol. The SMILES string of the molecule is NCCCCNc1ncccc1Br. The molecule has 0 unspecified atom stereocenters. The Hall–Kier alpha value is -0.610. The van der Waals surface area contributed by atoms with E-state index in [1.165, 1.54) is 0 Å². The summed E-state index contributed by atoms with van der Waals surface area (Å²) >= 11 is 3.42. The average Bonchev–Trinajstić information content (AvgIpc) is 2.15. The number of halogens is 1. The molecule has 1 aromatic rings. The third-order valence-corrected chi connectivity index (χ3v) is 2.32. The van der Waals surface area contributed by atoms with E-state index in [1.54, 1.807) is 6.20 Å². The summed E-state index contributed by atoms with van der Waals surface area (Å²) in [6.45, 7) is 1.68. The number of pyridine rings is 1. The molecular formula is C9H14BrN3. The van der Waals surface area contributed by atoms with Gasteiger partial charge in [-0.05, 0) is 47.4 Å². The maximum Gasteiger partial charge on any atom is 0.140 e. The molecule has 0 aliphatic carbocycles. The van der Waals surface area contributed by atoms with Crippen molar-refractivity contribution in [1.29, 1.82) is 0 Å². The van der Waals surface area contributed by atoms with Crippen molar-refractivity contribution in [1.82, 2.24) is 4.98 Å². The largest absolute Gasteiger partial charge is 0.369 e. The van der Waals surface area contributed by atoms with Crippen molar-refractivity contribution < 1.29 is 0 Å². The van der Waals surface area contributed by atoms with Gasteiger partial charge >= 0.3 is 0 Å². The lowest BCUT2D eigenvalue weighted by Crippen LogP contribution is -2.06. The molecule has 0 atom stereocenters. The minimum absolute atomic E-state index is 0.755. The van der Waals surface area contributed by atoms with Gasteiger partial charge in [-0.1, -0.05) is 0 Å². The van der Waals surface area contributed by atoms with Crippen LogP contribution in [-0.4, -0.2) is 18.1 Å². The Morgan fingerprint density at radius 2 is 2.31 bits per heavy atom. The standard InChI is InChI=1S/C9H14BrN3/c10-8-4-3-7-13-9(8)12-6-2-1-5-11/h3-4,7H,1-2,5-6,11H2,(H,12,13). The van der Waals surface area contributed by atoms with E-state index >= 15 is 0 Å². The van der Waals surface area contributed by atoms with E-state index in [0.717, 1.165) is 36.2 Å². The average molecular weight is 244 g/mol. The lowest BCUT2D eigenvalue weighted by molar-refractivity contribution is 0.772. The van der Waals surface area contributed by atoms with Crippen LogP contribution >= 0.6 is 15.9 Å². The zero-order valence-corrected chi connectivity index (χ0v) is 9.05. The highest BCUT2D eigenvalue weighted by molar-refractivity contribution is 9.10. The normalized spacial score (nSPS) is 10.0. The topological polar surface area (TPSA) is 50.9 Å². The number of nitrogens with one attached hydrogen (secondary N) is 1. The molecule has 0 saturated heterocycles. The van der Waals surface area contributed by atoms with Crippen LogP contribution < -0.4 is 11.1 Å². The second kappa shape index (κ2) is 5.94. The third-order valence-electron chi connectivity index (χ3n) is 1.68. The summed E-state index contributed by atoms with van der Waals surface area (Å²) in [5, 5.41) is 3.23. The van der Waals surface area contributed by atoms with Crippen LogP contribution in [-0.2, 0) is 0 Å². The lowest BCUT2D eigenvalue weighted by Gasteiger charge is -2.05. The molecule has 0 spiro atoms. The summed E-state index contributed by atoms with van der Waals surface area (Å²) in [5.74, 6) is 0.902. The molecule has 0 aromatic carbocycles. The van der Waals surface area contributed by atoms with Gasteiger partial charge in [0, 0.05) is 12.7 Å². The van der Waals surface area contributed by atoms with E-state index in [9.17, 15) is 0 Å². The quantitative estimate of drug-likeness (QED) is 0.779. The van der Waals surface area contributed by atoms with Crippen molar-refractivity contribution in [2.75, 3.05) is 18.4 Å². The van der Waals surface area contributed by atoms with Gasteiger partial charge in [0.25, 0.3) is 0 Å². The third kappa shape index (κ3) is 3.74. The molecule has 0 amide bonds. The Morgan fingerprint density at radius 3 is 3.00 bits per heavy atom. The van der Waals surface area contributed by atoms with E-state index in [4.69, 9.17) is 5.73 Å². The molecule has 0 aliphatic rings. The van der Waals surface area contributed by atoms with Crippen LogP contribution in [0.1, 0.15) is 12.8 Å². The van der Waals surface area contributed by atoms with E-state index in [2.05, 4.69) is 26.2 Å². The summed E-state index contributed by atoms with van der Waals surface area (Å²) < 4.78 is 1.00.